The van der Waals surface area contributed by atoms with E-state index >= 15 is 0 Å². The van der Waals surface area contributed by atoms with Crippen LogP contribution in [-0.2, 0) is 15.1 Å². The Bertz CT molecular complexity index is 1290. The number of fused-ring (bicyclic) bond motifs is 7. The molecule has 134 valence electrons. The number of carbonyl (C=O) groups excluding carboxylic acids is 3. The zero-order valence-electron chi connectivity index (χ0n) is 14.1. The number of tetrazole rings is 1. The zero-order valence-corrected chi connectivity index (χ0v) is 14.1. The third-order valence-electron chi connectivity index (χ3n) is 5.40. The maximum Gasteiger partial charge on any atom is 0.262 e. The molecular weight excluding hydrogens is 360 g/mol. The summed E-state index contributed by atoms with van der Waals surface area (Å²) >= 11 is 0. The van der Waals surface area contributed by atoms with Crippen LogP contribution in [0.3, 0.4) is 0 Å². The number of Topliss-reactive ketones (excluding diaryl/α,β-unsaturated/α-hetero) is 2. The first-order chi connectivity index (χ1) is 13.6. The molecule has 1 aliphatic carbocycles. The van der Waals surface area contributed by atoms with Gasteiger partial charge >= 0.3 is 0 Å². The highest BCUT2D eigenvalue weighted by Gasteiger charge is 2.60. The van der Waals surface area contributed by atoms with E-state index in [1.54, 1.807) is 48.5 Å². The SMILES string of the molecule is O=C1C(=O)c2ccccc2C2=C1C1(C(=O)Nc3ccccc31)n1nnnc1N2. The van der Waals surface area contributed by atoms with Crippen LogP contribution in [0.15, 0.2) is 54.1 Å². The smallest absolute Gasteiger partial charge is 0.262 e. The fraction of sp³-hybridized carbons (Fsp3) is 0.0526. The average molecular weight is 370 g/mol. The van der Waals surface area contributed by atoms with Crippen LogP contribution in [0.2, 0.25) is 0 Å². The molecule has 3 aliphatic rings. The molecule has 1 unspecified atom stereocenters. The summed E-state index contributed by atoms with van der Waals surface area (Å²) in [4.78, 5) is 39.5. The van der Waals surface area contributed by atoms with Gasteiger partial charge in [0.25, 0.3) is 5.91 Å². The Labute approximate surface area is 157 Å². The molecule has 3 heterocycles. The van der Waals surface area contributed by atoms with Gasteiger partial charge in [0.05, 0.1) is 11.3 Å². The number of aromatic nitrogens is 4. The highest BCUT2D eigenvalue weighted by Crippen LogP contribution is 2.51. The number of ketones is 2. The molecular formula is C19H10N6O3. The van der Waals surface area contributed by atoms with Crippen molar-refractivity contribution < 1.29 is 14.4 Å². The van der Waals surface area contributed by atoms with Crippen LogP contribution in [0.5, 0.6) is 0 Å². The minimum absolute atomic E-state index is 0.0263. The van der Waals surface area contributed by atoms with Gasteiger partial charge in [-0.3, -0.25) is 14.4 Å². The minimum Gasteiger partial charge on any atom is -0.323 e. The van der Waals surface area contributed by atoms with Crippen LogP contribution < -0.4 is 10.6 Å². The van der Waals surface area contributed by atoms with Crippen LogP contribution >= 0.6 is 0 Å². The first kappa shape index (κ1) is 15.0. The predicted molar refractivity (Wildman–Crippen MR) is 96.3 cm³/mol. The van der Waals surface area contributed by atoms with Gasteiger partial charge in [0.2, 0.25) is 23.1 Å². The summed E-state index contributed by atoms with van der Waals surface area (Å²) in [6, 6.07) is 13.8. The van der Waals surface area contributed by atoms with Crippen molar-refractivity contribution in [3.8, 4) is 0 Å². The number of carbonyl (C=O) groups is 3. The molecule has 6 rings (SSSR count). The molecule has 0 saturated heterocycles. The van der Waals surface area contributed by atoms with Crippen molar-refractivity contribution in [1.29, 1.82) is 0 Å². The lowest BCUT2D eigenvalue weighted by atomic mass is 9.73. The van der Waals surface area contributed by atoms with Gasteiger partial charge in [0.1, 0.15) is 0 Å². The standard InChI is InChI=1S/C19H10N6O3/c26-15-10-6-2-1-5-9(10)14-13(16(15)27)19(25-18(21-14)22-23-24-25)11-7-3-4-8-12(11)20-17(19)28/h1-8H,(H,20,28)(H,21,22,24). The van der Waals surface area contributed by atoms with Gasteiger partial charge in [-0.1, -0.05) is 47.6 Å². The summed E-state index contributed by atoms with van der Waals surface area (Å²) in [7, 11) is 0. The van der Waals surface area contributed by atoms with Gasteiger partial charge in [-0.2, -0.15) is 4.68 Å². The number of rotatable bonds is 0. The van der Waals surface area contributed by atoms with Gasteiger partial charge in [0, 0.05) is 22.4 Å². The minimum atomic E-state index is -1.66. The highest BCUT2D eigenvalue weighted by atomic mass is 16.2. The summed E-state index contributed by atoms with van der Waals surface area (Å²) in [5, 5.41) is 17.5. The Kier molecular flexibility index (Phi) is 2.55. The van der Waals surface area contributed by atoms with Crippen LogP contribution in [0.1, 0.15) is 21.5 Å². The van der Waals surface area contributed by atoms with Crippen LogP contribution in [0.25, 0.3) is 5.70 Å². The van der Waals surface area contributed by atoms with Crippen LogP contribution in [-0.4, -0.2) is 37.7 Å². The van der Waals surface area contributed by atoms with Gasteiger partial charge in [-0.05, 0) is 16.5 Å². The summed E-state index contributed by atoms with van der Waals surface area (Å²) in [6.07, 6.45) is 0. The van der Waals surface area contributed by atoms with E-state index in [4.69, 9.17) is 0 Å². The van der Waals surface area contributed by atoms with Crippen LogP contribution in [0.4, 0.5) is 11.6 Å². The zero-order chi connectivity index (χ0) is 19.0. The molecule has 9 heteroatoms. The van der Waals surface area contributed by atoms with Gasteiger partial charge in [-0.25, -0.2) is 0 Å². The number of para-hydroxylation sites is 1. The lowest BCUT2D eigenvalue weighted by Crippen LogP contribution is -2.52. The molecule has 0 radical (unpaired) electrons. The molecule has 28 heavy (non-hydrogen) atoms. The monoisotopic (exact) mass is 370 g/mol. The lowest BCUT2D eigenvalue weighted by molar-refractivity contribution is -0.123. The number of nitrogens with zero attached hydrogens (tertiary/aromatic N) is 4. The molecule has 1 aromatic heterocycles. The number of nitrogens with one attached hydrogen (secondary N) is 2. The van der Waals surface area contributed by atoms with Crippen molar-refractivity contribution in [1.82, 2.24) is 20.2 Å². The number of hydrogen-bond acceptors (Lipinski definition) is 7. The largest absolute Gasteiger partial charge is 0.323 e. The predicted octanol–water partition coefficient (Wildman–Crippen LogP) is 0.971. The lowest BCUT2D eigenvalue weighted by Gasteiger charge is -2.37. The Morgan fingerprint density at radius 1 is 0.857 bits per heavy atom. The van der Waals surface area contributed by atoms with E-state index in [2.05, 4.69) is 26.2 Å². The Morgan fingerprint density at radius 2 is 1.61 bits per heavy atom. The third-order valence-corrected chi connectivity index (χ3v) is 5.40. The first-order valence-electron chi connectivity index (χ1n) is 8.54. The quantitative estimate of drug-likeness (QED) is 0.566. The molecule has 2 aliphatic heterocycles. The maximum atomic E-state index is 13.3. The number of benzene rings is 2. The fourth-order valence-electron chi connectivity index (χ4n) is 4.27. The molecule has 0 fully saturated rings. The number of amides is 1. The molecule has 9 nitrogen and oxygen atoms in total. The maximum absolute atomic E-state index is 13.3. The van der Waals surface area contributed by atoms with Gasteiger partial charge in [0.15, 0.2) is 0 Å². The summed E-state index contributed by atoms with van der Waals surface area (Å²) < 4.78 is 1.27. The van der Waals surface area contributed by atoms with E-state index in [0.717, 1.165) is 0 Å². The van der Waals surface area contributed by atoms with Crippen molar-refractivity contribution in [3.05, 3.63) is 70.8 Å². The first-order valence-corrected chi connectivity index (χ1v) is 8.54. The average Bonchev–Trinajstić information content (AvgIpc) is 3.30. The molecule has 0 bridgehead atoms. The molecule has 1 amide bonds. The Morgan fingerprint density at radius 3 is 2.46 bits per heavy atom. The number of hydrogen-bond donors (Lipinski definition) is 2. The number of anilines is 2. The molecule has 0 saturated carbocycles. The second-order valence-electron chi connectivity index (χ2n) is 6.70. The molecule has 3 aromatic rings. The Balaban J connectivity index is 1.80. The fourth-order valence-corrected chi connectivity index (χ4v) is 4.27. The van der Waals surface area contributed by atoms with E-state index in [1.165, 1.54) is 4.68 Å². The second kappa shape index (κ2) is 4.77. The van der Waals surface area contributed by atoms with Crippen molar-refractivity contribution >= 4 is 34.8 Å². The van der Waals surface area contributed by atoms with Gasteiger partial charge < -0.3 is 10.6 Å². The van der Waals surface area contributed by atoms with E-state index in [-0.39, 0.29) is 17.1 Å². The van der Waals surface area contributed by atoms with E-state index < -0.39 is 23.0 Å². The highest BCUT2D eigenvalue weighted by molar-refractivity contribution is 6.54. The summed E-state index contributed by atoms with van der Waals surface area (Å²) in [6.45, 7) is 0. The third kappa shape index (κ3) is 1.49. The molecule has 2 aromatic carbocycles. The molecule has 2 N–H and O–H groups in total. The van der Waals surface area contributed by atoms with Crippen molar-refractivity contribution in [3.63, 3.8) is 0 Å². The second-order valence-corrected chi connectivity index (χ2v) is 6.70. The summed E-state index contributed by atoms with van der Waals surface area (Å²) in [5.74, 6) is -1.70. The van der Waals surface area contributed by atoms with Gasteiger partial charge in [-0.15, -0.1) is 0 Å². The Hall–Kier alpha value is -4.14. The van der Waals surface area contributed by atoms with E-state index in [1.807, 2.05) is 0 Å². The van der Waals surface area contributed by atoms with Crippen molar-refractivity contribution in [2.45, 2.75) is 5.54 Å². The van der Waals surface area contributed by atoms with Crippen LogP contribution in [0, 0.1) is 0 Å². The normalized spacial score (nSPS) is 21.6. The van der Waals surface area contributed by atoms with Crippen molar-refractivity contribution in [2.75, 3.05) is 10.6 Å². The molecule has 1 spiro atoms. The van der Waals surface area contributed by atoms with E-state index in [0.29, 0.717) is 22.5 Å². The topological polar surface area (TPSA) is 119 Å². The molecule has 1 atom stereocenters. The summed E-state index contributed by atoms with van der Waals surface area (Å²) in [5.41, 5.74) is 0.614. The van der Waals surface area contributed by atoms with E-state index in [9.17, 15) is 14.4 Å². The van der Waals surface area contributed by atoms with Crippen molar-refractivity contribution in [2.24, 2.45) is 0 Å².